The Morgan fingerprint density at radius 3 is 2.56 bits per heavy atom. The molecule has 2 aromatic carbocycles. The Bertz CT molecular complexity index is 1310. The lowest BCUT2D eigenvalue weighted by atomic mass is 10.1. The molecule has 5 rings (SSSR count). The third kappa shape index (κ3) is 4.33. The molecular weight excluding hydrogens is 424 g/mol. The van der Waals surface area contributed by atoms with E-state index in [2.05, 4.69) is 37.8 Å². The minimum absolute atomic E-state index is 0.293. The number of furan rings is 1. The quantitative estimate of drug-likeness (QED) is 0.397. The lowest BCUT2D eigenvalue weighted by Crippen LogP contribution is -2.10. The van der Waals surface area contributed by atoms with Crippen LogP contribution in [0, 0.1) is 0 Å². The molecule has 0 saturated carbocycles. The number of thiazole rings is 1. The number of benzene rings is 2. The first-order valence-corrected chi connectivity index (χ1v) is 10.8. The highest BCUT2D eigenvalue weighted by atomic mass is 32.1. The van der Waals surface area contributed by atoms with Crippen LogP contribution < -0.4 is 5.32 Å². The number of carbonyl (C=O) groups is 1. The molecular formula is C23H18N6O2S. The lowest BCUT2D eigenvalue weighted by Gasteiger charge is -2.00. The van der Waals surface area contributed by atoms with Gasteiger partial charge in [0.1, 0.15) is 11.1 Å². The molecule has 3 heterocycles. The number of hydrogen-bond donors (Lipinski definition) is 1. The third-order valence-corrected chi connectivity index (χ3v) is 5.74. The van der Waals surface area contributed by atoms with Crippen molar-refractivity contribution in [2.24, 2.45) is 0 Å². The van der Waals surface area contributed by atoms with E-state index in [0.29, 0.717) is 28.8 Å². The summed E-state index contributed by atoms with van der Waals surface area (Å²) in [6, 6.07) is 21.5. The summed E-state index contributed by atoms with van der Waals surface area (Å²) < 4.78 is 4.99. The van der Waals surface area contributed by atoms with Crippen LogP contribution in [0.2, 0.25) is 0 Å². The van der Waals surface area contributed by atoms with Gasteiger partial charge in [-0.2, -0.15) is 4.80 Å². The van der Waals surface area contributed by atoms with E-state index in [1.54, 1.807) is 10.9 Å². The Hall–Kier alpha value is -4.11. The van der Waals surface area contributed by atoms with Gasteiger partial charge in [0.25, 0.3) is 5.91 Å². The Morgan fingerprint density at radius 1 is 1.03 bits per heavy atom. The second-order valence-electron chi connectivity index (χ2n) is 6.97. The van der Waals surface area contributed by atoms with E-state index in [4.69, 9.17) is 4.42 Å². The molecule has 0 aliphatic rings. The van der Waals surface area contributed by atoms with Gasteiger partial charge < -0.3 is 4.42 Å². The summed E-state index contributed by atoms with van der Waals surface area (Å²) in [5, 5.41) is 16.3. The highest BCUT2D eigenvalue weighted by molar-refractivity contribution is 7.19. The van der Waals surface area contributed by atoms with Gasteiger partial charge >= 0.3 is 0 Å². The van der Waals surface area contributed by atoms with E-state index >= 15 is 0 Å². The van der Waals surface area contributed by atoms with Crippen molar-refractivity contribution in [1.29, 1.82) is 0 Å². The van der Waals surface area contributed by atoms with E-state index in [1.807, 2.05) is 48.5 Å². The molecule has 5 aromatic rings. The van der Waals surface area contributed by atoms with Crippen molar-refractivity contribution in [3.05, 3.63) is 90.4 Å². The van der Waals surface area contributed by atoms with Crippen LogP contribution in [0.4, 0.5) is 5.13 Å². The predicted octanol–water partition coefficient (Wildman–Crippen LogP) is 4.55. The maximum atomic E-state index is 12.4. The number of tetrazole rings is 1. The van der Waals surface area contributed by atoms with E-state index in [0.717, 1.165) is 16.9 Å². The SMILES string of the molecule is O=C(Nc1nc(-c2ccccc2)c(-c2nnn(CCc3ccccc3)n2)s1)c1ccoc1. The van der Waals surface area contributed by atoms with Crippen molar-refractivity contribution in [1.82, 2.24) is 25.2 Å². The van der Waals surface area contributed by atoms with Crippen molar-refractivity contribution >= 4 is 22.4 Å². The van der Waals surface area contributed by atoms with Gasteiger partial charge in [-0.15, -0.1) is 10.2 Å². The molecule has 0 aliphatic heterocycles. The summed E-state index contributed by atoms with van der Waals surface area (Å²) in [4.78, 5) is 19.4. The number of rotatable bonds is 7. The van der Waals surface area contributed by atoms with Crippen molar-refractivity contribution in [3.8, 4) is 22.0 Å². The first-order chi connectivity index (χ1) is 15.8. The van der Waals surface area contributed by atoms with Gasteiger partial charge in [0.2, 0.25) is 5.82 Å². The summed E-state index contributed by atoms with van der Waals surface area (Å²) in [5.41, 5.74) is 3.23. The van der Waals surface area contributed by atoms with E-state index in [-0.39, 0.29) is 5.91 Å². The summed E-state index contributed by atoms with van der Waals surface area (Å²) in [6.07, 6.45) is 3.65. The number of carbonyl (C=O) groups excluding carboxylic acids is 1. The number of anilines is 1. The zero-order valence-electron chi connectivity index (χ0n) is 16.9. The summed E-state index contributed by atoms with van der Waals surface area (Å²) in [5.74, 6) is 0.177. The zero-order valence-corrected chi connectivity index (χ0v) is 17.7. The zero-order chi connectivity index (χ0) is 21.8. The summed E-state index contributed by atoms with van der Waals surface area (Å²) in [7, 11) is 0. The third-order valence-electron chi connectivity index (χ3n) is 4.78. The smallest absolute Gasteiger partial charge is 0.260 e. The molecule has 3 aromatic heterocycles. The van der Waals surface area contributed by atoms with Crippen molar-refractivity contribution in [2.45, 2.75) is 13.0 Å². The molecule has 9 heteroatoms. The molecule has 1 amide bonds. The lowest BCUT2D eigenvalue weighted by molar-refractivity contribution is 0.102. The van der Waals surface area contributed by atoms with Crippen LogP contribution in [0.3, 0.4) is 0 Å². The largest absolute Gasteiger partial charge is 0.472 e. The molecule has 0 unspecified atom stereocenters. The highest BCUT2D eigenvalue weighted by Crippen LogP contribution is 2.37. The van der Waals surface area contributed by atoms with E-state index < -0.39 is 0 Å². The second kappa shape index (κ2) is 8.94. The second-order valence-corrected chi connectivity index (χ2v) is 7.97. The number of nitrogens with one attached hydrogen (secondary N) is 1. The van der Waals surface area contributed by atoms with Crippen LogP contribution in [-0.4, -0.2) is 31.1 Å². The van der Waals surface area contributed by atoms with Gasteiger partial charge in [0.15, 0.2) is 5.13 Å². The highest BCUT2D eigenvalue weighted by Gasteiger charge is 2.20. The summed E-state index contributed by atoms with van der Waals surface area (Å²) >= 11 is 1.31. The number of hydrogen-bond acceptors (Lipinski definition) is 7. The molecule has 0 aliphatic carbocycles. The monoisotopic (exact) mass is 442 g/mol. The van der Waals surface area contributed by atoms with Crippen molar-refractivity contribution < 1.29 is 9.21 Å². The molecule has 0 atom stereocenters. The Balaban J connectivity index is 1.42. The molecule has 0 bridgehead atoms. The maximum absolute atomic E-state index is 12.4. The van der Waals surface area contributed by atoms with Crippen molar-refractivity contribution in [3.63, 3.8) is 0 Å². The van der Waals surface area contributed by atoms with E-state index in [9.17, 15) is 4.79 Å². The average molecular weight is 443 g/mol. The van der Waals surface area contributed by atoms with Crippen LogP contribution in [0.25, 0.3) is 22.0 Å². The maximum Gasteiger partial charge on any atom is 0.260 e. The molecule has 158 valence electrons. The van der Waals surface area contributed by atoms with Gasteiger partial charge in [-0.25, -0.2) is 4.98 Å². The van der Waals surface area contributed by atoms with Crippen molar-refractivity contribution in [2.75, 3.05) is 5.32 Å². The molecule has 0 radical (unpaired) electrons. The van der Waals surface area contributed by atoms with Crippen LogP contribution in [0.5, 0.6) is 0 Å². The number of aromatic nitrogens is 5. The Morgan fingerprint density at radius 2 is 1.81 bits per heavy atom. The van der Waals surface area contributed by atoms with Crippen LogP contribution in [0.15, 0.2) is 83.7 Å². The fourth-order valence-electron chi connectivity index (χ4n) is 3.18. The fourth-order valence-corrected chi connectivity index (χ4v) is 4.09. The molecule has 0 spiro atoms. The molecule has 8 nitrogen and oxygen atoms in total. The molecule has 0 saturated heterocycles. The van der Waals surface area contributed by atoms with Crippen LogP contribution in [0.1, 0.15) is 15.9 Å². The summed E-state index contributed by atoms with van der Waals surface area (Å²) in [6.45, 7) is 0.612. The predicted molar refractivity (Wildman–Crippen MR) is 121 cm³/mol. The normalized spacial score (nSPS) is 10.9. The minimum atomic E-state index is -0.293. The van der Waals surface area contributed by atoms with E-state index in [1.165, 1.54) is 29.4 Å². The van der Waals surface area contributed by atoms with Crippen LogP contribution in [-0.2, 0) is 13.0 Å². The number of amides is 1. The van der Waals surface area contributed by atoms with Gasteiger partial charge in [-0.05, 0) is 23.3 Å². The van der Waals surface area contributed by atoms with Gasteiger partial charge in [-0.3, -0.25) is 10.1 Å². The molecule has 32 heavy (non-hydrogen) atoms. The molecule has 1 N–H and O–H groups in total. The van der Waals surface area contributed by atoms with Crippen LogP contribution >= 0.6 is 11.3 Å². The molecule has 0 fully saturated rings. The first kappa shape index (κ1) is 19.8. The average Bonchev–Trinajstić information content (AvgIpc) is 3.60. The standard InChI is InChI=1S/C23H18N6O2S/c30-22(18-12-14-31-15-18)25-23-24-19(17-9-5-2-6-10-17)20(32-23)21-26-28-29(27-21)13-11-16-7-3-1-4-8-16/h1-10,12,14-15H,11,13H2,(H,24,25,30). The van der Waals surface area contributed by atoms with Gasteiger partial charge in [0, 0.05) is 5.56 Å². The Kier molecular flexibility index (Phi) is 5.54. The Labute approximate surface area is 187 Å². The minimum Gasteiger partial charge on any atom is -0.472 e. The fraction of sp³-hybridized carbons (Fsp3) is 0.0870. The topological polar surface area (TPSA) is 98.7 Å². The first-order valence-electron chi connectivity index (χ1n) is 9.98. The number of nitrogens with zero attached hydrogens (tertiary/aromatic N) is 5. The number of aryl methyl sites for hydroxylation is 2. The van der Waals surface area contributed by atoms with Gasteiger partial charge in [-0.1, -0.05) is 72.0 Å². The van der Waals surface area contributed by atoms with Gasteiger partial charge in [0.05, 0.1) is 24.1 Å².